The number of aryl methyl sites for hydroxylation is 1. The maximum absolute atomic E-state index is 12.3. The van der Waals surface area contributed by atoms with Crippen LogP contribution in [-0.2, 0) is 0 Å². The van der Waals surface area contributed by atoms with Gasteiger partial charge in [0.05, 0.1) is 0 Å². The van der Waals surface area contributed by atoms with Gasteiger partial charge in [0, 0.05) is 21.4 Å². The molecule has 1 aromatic carbocycles. The summed E-state index contributed by atoms with van der Waals surface area (Å²) in [5.74, 6) is 0.605. The highest BCUT2D eigenvalue weighted by Gasteiger charge is 2.25. The second kappa shape index (κ2) is 6.89. The molecule has 1 fully saturated rings. The van der Waals surface area contributed by atoms with E-state index >= 15 is 0 Å². The minimum atomic E-state index is 0.0437. The van der Waals surface area contributed by atoms with E-state index < -0.39 is 0 Å². The molecule has 0 aromatic heterocycles. The van der Waals surface area contributed by atoms with Crippen LogP contribution in [0.2, 0.25) is 0 Å². The van der Waals surface area contributed by atoms with E-state index in [1.54, 1.807) is 0 Å². The Balaban J connectivity index is 2.07. The topological polar surface area (TPSA) is 29.1 Å². The molecular weight excluding hydrogens is 370 g/mol. The minimum absolute atomic E-state index is 0.0437. The zero-order chi connectivity index (χ0) is 13.8. The summed E-state index contributed by atoms with van der Waals surface area (Å²) in [7, 11) is 0. The molecule has 2 rings (SSSR count). The van der Waals surface area contributed by atoms with Crippen molar-refractivity contribution in [3.05, 3.63) is 33.8 Å². The van der Waals surface area contributed by atoms with E-state index in [2.05, 4.69) is 37.2 Å². The van der Waals surface area contributed by atoms with Gasteiger partial charge in [0.1, 0.15) is 0 Å². The number of amides is 1. The number of hydrogen-bond donors (Lipinski definition) is 1. The molecule has 0 aliphatic heterocycles. The lowest BCUT2D eigenvalue weighted by Crippen LogP contribution is -2.42. The third-order valence-corrected chi connectivity index (χ3v) is 5.02. The van der Waals surface area contributed by atoms with E-state index in [-0.39, 0.29) is 5.91 Å². The molecule has 19 heavy (non-hydrogen) atoms. The van der Waals surface area contributed by atoms with Crippen LogP contribution in [-0.4, -0.2) is 17.3 Å². The van der Waals surface area contributed by atoms with Crippen molar-refractivity contribution in [3.63, 3.8) is 0 Å². The molecule has 104 valence electrons. The van der Waals surface area contributed by atoms with Crippen LogP contribution in [0.5, 0.6) is 0 Å². The highest BCUT2D eigenvalue weighted by atomic mass is 79.9. The molecule has 0 heterocycles. The number of carbonyl (C=O) groups is 1. The van der Waals surface area contributed by atoms with E-state index in [4.69, 9.17) is 0 Å². The van der Waals surface area contributed by atoms with Gasteiger partial charge >= 0.3 is 0 Å². The van der Waals surface area contributed by atoms with Crippen molar-refractivity contribution in [2.75, 3.05) is 5.33 Å². The Morgan fingerprint density at radius 1 is 1.32 bits per heavy atom. The van der Waals surface area contributed by atoms with Gasteiger partial charge in [0.2, 0.25) is 0 Å². The first kappa shape index (κ1) is 15.0. The first-order valence-corrected chi connectivity index (χ1v) is 8.65. The summed E-state index contributed by atoms with van der Waals surface area (Å²) < 4.78 is 0.957. The zero-order valence-corrected chi connectivity index (χ0v) is 14.3. The summed E-state index contributed by atoms with van der Waals surface area (Å²) in [6.45, 7) is 2.00. The van der Waals surface area contributed by atoms with Gasteiger partial charge < -0.3 is 5.32 Å². The van der Waals surface area contributed by atoms with Gasteiger partial charge in [-0.1, -0.05) is 44.7 Å². The molecule has 0 radical (unpaired) electrons. The maximum Gasteiger partial charge on any atom is 0.251 e. The fourth-order valence-corrected chi connectivity index (χ4v) is 4.08. The standard InChI is InChI=1S/C15H19Br2NO/c1-10-6-12(8-13(17)7-10)15(19)18-14-5-3-2-4-11(14)9-16/h6-8,11,14H,2-5,9H2,1H3,(H,18,19). The van der Waals surface area contributed by atoms with Crippen molar-refractivity contribution in [2.24, 2.45) is 5.92 Å². The summed E-state index contributed by atoms with van der Waals surface area (Å²) >= 11 is 7.01. The van der Waals surface area contributed by atoms with Crippen molar-refractivity contribution >= 4 is 37.8 Å². The molecule has 1 aliphatic rings. The Morgan fingerprint density at radius 3 is 2.74 bits per heavy atom. The molecule has 1 N–H and O–H groups in total. The zero-order valence-electron chi connectivity index (χ0n) is 11.1. The number of halogens is 2. The van der Waals surface area contributed by atoms with E-state index in [0.29, 0.717) is 12.0 Å². The van der Waals surface area contributed by atoms with Gasteiger partial charge in [-0.2, -0.15) is 0 Å². The van der Waals surface area contributed by atoms with Gasteiger partial charge in [-0.25, -0.2) is 0 Å². The third kappa shape index (κ3) is 4.06. The molecule has 2 nitrogen and oxygen atoms in total. The van der Waals surface area contributed by atoms with E-state index in [1.165, 1.54) is 19.3 Å². The van der Waals surface area contributed by atoms with Crippen LogP contribution in [0, 0.1) is 12.8 Å². The number of rotatable bonds is 3. The molecule has 0 bridgehead atoms. The normalized spacial score (nSPS) is 23.1. The number of carbonyl (C=O) groups excluding carboxylic acids is 1. The molecule has 1 amide bonds. The minimum Gasteiger partial charge on any atom is -0.349 e. The summed E-state index contributed by atoms with van der Waals surface area (Å²) in [4.78, 5) is 12.3. The van der Waals surface area contributed by atoms with Crippen molar-refractivity contribution in [1.29, 1.82) is 0 Å². The van der Waals surface area contributed by atoms with Gasteiger partial charge in [-0.05, 0) is 49.4 Å². The van der Waals surface area contributed by atoms with Crippen LogP contribution in [0.15, 0.2) is 22.7 Å². The Labute approximate surface area is 131 Å². The Kier molecular flexibility index (Phi) is 5.46. The maximum atomic E-state index is 12.3. The Bertz CT molecular complexity index is 441. The second-order valence-corrected chi connectivity index (χ2v) is 6.86. The van der Waals surface area contributed by atoms with Gasteiger partial charge in [-0.15, -0.1) is 0 Å². The van der Waals surface area contributed by atoms with Crippen LogP contribution in [0.25, 0.3) is 0 Å². The molecule has 2 unspecified atom stereocenters. The molecular formula is C15H19Br2NO. The fourth-order valence-electron chi connectivity index (χ4n) is 2.70. The van der Waals surface area contributed by atoms with Crippen LogP contribution in [0.3, 0.4) is 0 Å². The average Bonchev–Trinajstić information content (AvgIpc) is 2.38. The smallest absolute Gasteiger partial charge is 0.251 e. The highest BCUT2D eigenvalue weighted by molar-refractivity contribution is 9.10. The predicted molar refractivity (Wildman–Crippen MR) is 85.9 cm³/mol. The van der Waals surface area contributed by atoms with Gasteiger partial charge in [-0.3, -0.25) is 4.79 Å². The van der Waals surface area contributed by atoms with E-state index in [1.807, 2.05) is 25.1 Å². The number of hydrogen-bond acceptors (Lipinski definition) is 1. The summed E-state index contributed by atoms with van der Waals surface area (Å²) in [6, 6.07) is 6.14. The molecule has 0 spiro atoms. The lowest BCUT2D eigenvalue weighted by atomic mass is 9.86. The average molecular weight is 389 g/mol. The van der Waals surface area contributed by atoms with E-state index in [0.717, 1.165) is 27.4 Å². The lowest BCUT2D eigenvalue weighted by molar-refractivity contribution is 0.0911. The van der Waals surface area contributed by atoms with Crippen LogP contribution >= 0.6 is 31.9 Å². The summed E-state index contributed by atoms with van der Waals surface area (Å²) in [5, 5.41) is 4.17. The van der Waals surface area contributed by atoms with Crippen LogP contribution < -0.4 is 5.32 Å². The van der Waals surface area contributed by atoms with Crippen molar-refractivity contribution in [3.8, 4) is 0 Å². The first-order chi connectivity index (χ1) is 9.10. The summed E-state index contributed by atoms with van der Waals surface area (Å²) in [5.41, 5.74) is 1.84. The van der Waals surface area contributed by atoms with Crippen molar-refractivity contribution in [1.82, 2.24) is 5.32 Å². The lowest BCUT2D eigenvalue weighted by Gasteiger charge is -2.31. The second-order valence-electron chi connectivity index (χ2n) is 5.30. The monoisotopic (exact) mass is 387 g/mol. The Hall–Kier alpha value is -0.350. The summed E-state index contributed by atoms with van der Waals surface area (Å²) in [6.07, 6.45) is 4.79. The predicted octanol–water partition coefficient (Wildman–Crippen LogP) is 4.44. The quantitative estimate of drug-likeness (QED) is 0.762. The molecule has 0 saturated heterocycles. The fraction of sp³-hybridized carbons (Fsp3) is 0.533. The molecule has 1 aliphatic carbocycles. The molecule has 1 saturated carbocycles. The van der Waals surface area contributed by atoms with Gasteiger partial charge in [0.25, 0.3) is 5.91 Å². The van der Waals surface area contributed by atoms with Crippen LogP contribution in [0.1, 0.15) is 41.6 Å². The van der Waals surface area contributed by atoms with Gasteiger partial charge in [0.15, 0.2) is 0 Å². The highest BCUT2D eigenvalue weighted by Crippen LogP contribution is 2.26. The molecule has 1 aromatic rings. The van der Waals surface area contributed by atoms with Crippen LogP contribution in [0.4, 0.5) is 0 Å². The molecule has 4 heteroatoms. The largest absolute Gasteiger partial charge is 0.349 e. The number of alkyl halides is 1. The number of nitrogens with one attached hydrogen (secondary N) is 1. The number of benzene rings is 1. The van der Waals surface area contributed by atoms with Crippen molar-refractivity contribution in [2.45, 2.75) is 38.6 Å². The first-order valence-electron chi connectivity index (χ1n) is 6.74. The van der Waals surface area contributed by atoms with Crippen molar-refractivity contribution < 1.29 is 4.79 Å². The van der Waals surface area contributed by atoms with E-state index in [9.17, 15) is 4.79 Å². The molecule has 2 atom stereocenters. The SMILES string of the molecule is Cc1cc(Br)cc(C(=O)NC2CCCCC2CBr)c1. The third-order valence-electron chi connectivity index (χ3n) is 3.73. The Morgan fingerprint density at radius 2 is 2.05 bits per heavy atom.